The number of amides is 2. The first-order valence-electron chi connectivity index (χ1n) is 8.63. The lowest BCUT2D eigenvalue weighted by atomic mass is 10.0. The molecule has 2 aromatic rings. The molecule has 0 aliphatic rings. The molecule has 0 bridgehead atoms. The van der Waals surface area contributed by atoms with Crippen LogP contribution in [-0.2, 0) is 9.59 Å². The monoisotopic (exact) mass is 433 g/mol. The van der Waals surface area contributed by atoms with Gasteiger partial charge in [-0.1, -0.05) is 17.7 Å². The number of aliphatic carboxylic acids is 1. The maximum Gasteiger partial charge on any atom is 0.305 e. The molecule has 11 heteroatoms. The Labute approximate surface area is 176 Å². The van der Waals surface area contributed by atoms with Crippen molar-refractivity contribution in [2.45, 2.75) is 12.5 Å². The summed E-state index contributed by atoms with van der Waals surface area (Å²) >= 11 is 5.90. The maximum atomic E-state index is 12.3. The predicted molar refractivity (Wildman–Crippen MR) is 110 cm³/mol. The van der Waals surface area contributed by atoms with Crippen LogP contribution >= 0.6 is 11.6 Å². The molecule has 1 atom stereocenters. The highest BCUT2D eigenvalue weighted by molar-refractivity contribution is 6.30. The smallest absolute Gasteiger partial charge is 0.305 e. The quantitative estimate of drug-likeness (QED) is 0.265. The Kier molecular flexibility index (Phi) is 7.59. The number of hydrogen-bond acceptors (Lipinski definition) is 5. The van der Waals surface area contributed by atoms with Crippen molar-refractivity contribution in [2.75, 3.05) is 6.54 Å². The van der Waals surface area contributed by atoms with Crippen molar-refractivity contribution < 1.29 is 24.6 Å². The molecule has 8 N–H and O–H groups in total. The molecule has 0 spiro atoms. The molecular weight excluding hydrogens is 414 g/mol. The van der Waals surface area contributed by atoms with Crippen LogP contribution < -0.4 is 22.1 Å². The van der Waals surface area contributed by atoms with Gasteiger partial charge in [0.1, 0.15) is 5.75 Å². The van der Waals surface area contributed by atoms with Gasteiger partial charge in [-0.15, -0.1) is 0 Å². The largest absolute Gasteiger partial charge is 0.508 e. The van der Waals surface area contributed by atoms with E-state index in [-0.39, 0.29) is 27.9 Å². The lowest BCUT2D eigenvalue weighted by Crippen LogP contribution is -2.39. The van der Waals surface area contributed by atoms with E-state index in [0.717, 1.165) is 0 Å². The van der Waals surface area contributed by atoms with Gasteiger partial charge in [-0.2, -0.15) is 0 Å². The molecular formula is C19H20ClN5O5. The van der Waals surface area contributed by atoms with Crippen molar-refractivity contribution in [1.82, 2.24) is 10.6 Å². The minimum atomic E-state index is -1.19. The van der Waals surface area contributed by atoms with E-state index in [9.17, 15) is 19.5 Å². The van der Waals surface area contributed by atoms with Crippen LogP contribution in [0.1, 0.15) is 28.4 Å². The summed E-state index contributed by atoms with van der Waals surface area (Å²) in [6.07, 6.45) is -0.492. The normalized spacial score (nSPS) is 11.2. The van der Waals surface area contributed by atoms with Gasteiger partial charge in [-0.05, 0) is 36.4 Å². The second-order valence-electron chi connectivity index (χ2n) is 6.19. The Bertz CT molecular complexity index is 991. The minimum Gasteiger partial charge on any atom is -0.508 e. The van der Waals surface area contributed by atoms with E-state index in [0.29, 0.717) is 5.69 Å². The van der Waals surface area contributed by atoms with E-state index in [1.54, 1.807) is 12.1 Å². The topological polar surface area (TPSA) is 180 Å². The highest BCUT2D eigenvalue weighted by Crippen LogP contribution is 2.29. The number of rotatable bonds is 8. The molecule has 0 aliphatic carbocycles. The summed E-state index contributed by atoms with van der Waals surface area (Å²) in [4.78, 5) is 39.5. The van der Waals surface area contributed by atoms with Crippen LogP contribution in [0.5, 0.6) is 5.75 Å². The fourth-order valence-electron chi connectivity index (χ4n) is 2.59. The van der Waals surface area contributed by atoms with Gasteiger partial charge >= 0.3 is 5.97 Å². The number of nitrogens with one attached hydrogen (secondary N) is 2. The van der Waals surface area contributed by atoms with Crippen molar-refractivity contribution in [3.63, 3.8) is 0 Å². The average Bonchev–Trinajstić information content (AvgIpc) is 2.67. The third-order valence-electron chi connectivity index (χ3n) is 3.86. The molecule has 0 saturated heterocycles. The summed E-state index contributed by atoms with van der Waals surface area (Å²) in [5, 5.41) is 24.2. The number of phenolic OH excluding ortho intramolecular Hbond substituents is 1. The molecule has 0 fully saturated rings. The molecule has 2 aromatic carbocycles. The molecule has 10 nitrogen and oxygen atoms in total. The van der Waals surface area contributed by atoms with Crippen molar-refractivity contribution >= 4 is 41.0 Å². The highest BCUT2D eigenvalue weighted by atomic mass is 35.5. The third kappa shape index (κ3) is 6.67. The van der Waals surface area contributed by atoms with Crippen molar-refractivity contribution in [3.8, 4) is 5.75 Å². The Morgan fingerprint density at radius 2 is 1.87 bits per heavy atom. The van der Waals surface area contributed by atoms with Gasteiger partial charge < -0.3 is 32.3 Å². The summed E-state index contributed by atoms with van der Waals surface area (Å²) in [7, 11) is 0. The number of phenols is 1. The predicted octanol–water partition coefficient (Wildman–Crippen LogP) is 1.01. The van der Waals surface area contributed by atoms with Gasteiger partial charge in [0.25, 0.3) is 5.91 Å². The first-order chi connectivity index (χ1) is 14.2. The van der Waals surface area contributed by atoms with E-state index in [1.165, 1.54) is 30.3 Å². The molecule has 2 amide bonds. The Morgan fingerprint density at radius 1 is 1.13 bits per heavy atom. The Balaban J connectivity index is 2.05. The maximum absolute atomic E-state index is 12.3. The number of halogens is 1. The first kappa shape index (κ1) is 22.5. The van der Waals surface area contributed by atoms with Crippen LogP contribution in [0, 0.1) is 0 Å². The molecule has 2 rings (SSSR count). The number of aliphatic imine (C=N–C) groups is 1. The number of guanidine groups is 1. The van der Waals surface area contributed by atoms with Crippen molar-refractivity contribution in [3.05, 3.63) is 58.6 Å². The second-order valence-corrected chi connectivity index (χ2v) is 6.63. The number of carboxylic acid groups (broad SMARTS) is 1. The highest BCUT2D eigenvalue weighted by Gasteiger charge is 2.22. The number of nitrogens with two attached hydrogens (primary N) is 2. The number of nitrogens with zero attached hydrogens (tertiary/aromatic N) is 1. The standard InChI is InChI=1S/C19H20ClN5O5/c20-11-4-5-15(26)13(7-11)14(8-17(28)29)25-16(27)9-23-18(30)10-2-1-3-12(6-10)24-19(21)22/h1-7,14,26H,8-9H2,(H,23,30)(H,25,27)(H,28,29)(H4,21,22,24). The minimum absolute atomic E-state index is 0.148. The molecule has 30 heavy (non-hydrogen) atoms. The number of carbonyl (C=O) groups excluding carboxylic acids is 2. The third-order valence-corrected chi connectivity index (χ3v) is 4.09. The first-order valence-corrected chi connectivity index (χ1v) is 9.01. The molecule has 0 aliphatic heterocycles. The SMILES string of the molecule is NC(N)=Nc1cccc(C(=O)NCC(=O)NC(CC(=O)O)c2cc(Cl)ccc2O)c1. The molecule has 158 valence electrons. The van der Waals surface area contributed by atoms with Gasteiger partial charge in [-0.25, -0.2) is 4.99 Å². The van der Waals surface area contributed by atoms with E-state index >= 15 is 0 Å². The van der Waals surface area contributed by atoms with Crippen LogP contribution in [0.15, 0.2) is 47.5 Å². The van der Waals surface area contributed by atoms with E-state index < -0.39 is 36.8 Å². The zero-order valence-electron chi connectivity index (χ0n) is 15.6. The number of carbonyl (C=O) groups is 3. The van der Waals surface area contributed by atoms with Crippen LogP contribution in [-0.4, -0.2) is 40.5 Å². The van der Waals surface area contributed by atoms with E-state index in [1.807, 2.05) is 0 Å². The molecule has 0 aromatic heterocycles. The fourth-order valence-corrected chi connectivity index (χ4v) is 2.77. The lowest BCUT2D eigenvalue weighted by molar-refractivity contribution is -0.137. The van der Waals surface area contributed by atoms with Gasteiger partial charge in [-0.3, -0.25) is 14.4 Å². The van der Waals surface area contributed by atoms with Crippen LogP contribution in [0.4, 0.5) is 5.69 Å². The summed E-state index contributed by atoms with van der Waals surface area (Å²) in [5.74, 6) is -2.79. The number of hydrogen-bond donors (Lipinski definition) is 6. The summed E-state index contributed by atoms with van der Waals surface area (Å²) in [6.45, 7) is -0.428. The molecule has 0 radical (unpaired) electrons. The van der Waals surface area contributed by atoms with Crippen LogP contribution in [0.3, 0.4) is 0 Å². The Hall–Kier alpha value is -3.79. The number of benzene rings is 2. The second kappa shape index (κ2) is 10.1. The van der Waals surface area contributed by atoms with Crippen molar-refractivity contribution in [2.24, 2.45) is 16.5 Å². The fraction of sp³-hybridized carbons (Fsp3) is 0.158. The molecule has 0 saturated carbocycles. The van der Waals surface area contributed by atoms with Crippen LogP contribution in [0.2, 0.25) is 5.02 Å². The number of carboxylic acids is 1. The van der Waals surface area contributed by atoms with Gasteiger partial charge in [0.05, 0.1) is 24.7 Å². The van der Waals surface area contributed by atoms with E-state index in [4.69, 9.17) is 28.2 Å². The van der Waals surface area contributed by atoms with Crippen molar-refractivity contribution in [1.29, 1.82) is 0 Å². The van der Waals surface area contributed by atoms with Crippen LogP contribution in [0.25, 0.3) is 0 Å². The summed E-state index contributed by atoms with van der Waals surface area (Å²) < 4.78 is 0. The summed E-state index contributed by atoms with van der Waals surface area (Å²) in [5.41, 5.74) is 11.3. The Morgan fingerprint density at radius 3 is 2.53 bits per heavy atom. The van der Waals surface area contributed by atoms with E-state index in [2.05, 4.69) is 15.6 Å². The van der Waals surface area contributed by atoms with Gasteiger partial charge in [0.15, 0.2) is 5.96 Å². The van der Waals surface area contributed by atoms with Gasteiger partial charge in [0.2, 0.25) is 5.91 Å². The lowest BCUT2D eigenvalue weighted by Gasteiger charge is -2.19. The zero-order valence-corrected chi connectivity index (χ0v) is 16.4. The average molecular weight is 434 g/mol. The molecule has 1 unspecified atom stereocenters. The van der Waals surface area contributed by atoms with Gasteiger partial charge in [0, 0.05) is 16.1 Å². The molecule has 0 heterocycles. The summed E-state index contributed by atoms with van der Waals surface area (Å²) in [6, 6.07) is 9.15. The zero-order chi connectivity index (χ0) is 22.3. The number of aromatic hydroxyl groups is 1.